The summed E-state index contributed by atoms with van der Waals surface area (Å²) in [5, 5.41) is 0. The van der Waals surface area contributed by atoms with Crippen molar-refractivity contribution in [2.24, 2.45) is 11.7 Å². The number of carbonyl (C=O) groups is 1. The molecule has 0 spiro atoms. The van der Waals surface area contributed by atoms with E-state index in [4.69, 9.17) is 10.5 Å². The van der Waals surface area contributed by atoms with Gasteiger partial charge in [0.05, 0.1) is 7.11 Å². The third-order valence-corrected chi connectivity index (χ3v) is 3.78. The Balaban J connectivity index is 1.92. The van der Waals surface area contributed by atoms with Crippen molar-refractivity contribution in [2.45, 2.75) is 57.4 Å². The second-order valence-electron chi connectivity index (χ2n) is 5.56. The number of rotatable bonds is 9. The van der Waals surface area contributed by atoms with Crippen molar-refractivity contribution < 1.29 is 14.3 Å². The molecule has 0 aromatic heterocycles. The van der Waals surface area contributed by atoms with Crippen LogP contribution in [0.5, 0.6) is 0 Å². The van der Waals surface area contributed by atoms with Gasteiger partial charge in [0.25, 0.3) is 0 Å². The molecule has 1 fully saturated rings. The number of unbranched alkanes of at least 4 members (excludes halogenated alkanes) is 1. The van der Waals surface area contributed by atoms with Gasteiger partial charge in [-0.25, -0.2) is 0 Å². The topological polar surface area (TPSA) is 61.5 Å². The molecule has 0 aromatic carbocycles. The fraction of sp³-hybridized carbons (Fsp3) is 0.929. The maximum Gasteiger partial charge on any atom is 0.325 e. The molecule has 1 aliphatic rings. The SMILES string of the molecule is COC(=O)C(C)(N)CCCCOCCC1CCC1. The van der Waals surface area contributed by atoms with Gasteiger partial charge >= 0.3 is 5.97 Å². The molecular formula is C14H27NO3. The predicted molar refractivity (Wildman–Crippen MR) is 71.2 cm³/mol. The summed E-state index contributed by atoms with van der Waals surface area (Å²) in [6.45, 7) is 3.36. The highest BCUT2D eigenvalue weighted by atomic mass is 16.5. The number of hydrogen-bond donors (Lipinski definition) is 1. The van der Waals surface area contributed by atoms with Crippen LogP contribution < -0.4 is 5.73 Å². The molecule has 0 heterocycles. The van der Waals surface area contributed by atoms with Crippen LogP contribution in [0.3, 0.4) is 0 Å². The van der Waals surface area contributed by atoms with Gasteiger partial charge in [-0.05, 0) is 38.5 Å². The molecule has 0 aliphatic heterocycles. The minimum Gasteiger partial charge on any atom is -0.468 e. The van der Waals surface area contributed by atoms with E-state index in [-0.39, 0.29) is 5.97 Å². The van der Waals surface area contributed by atoms with E-state index in [1.807, 2.05) is 0 Å². The Bertz CT molecular complexity index is 249. The summed E-state index contributed by atoms with van der Waals surface area (Å²) in [4.78, 5) is 11.3. The molecule has 18 heavy (non-hydrogen) atoms. The van der Waals surface area contributed by atoms with Crippen molar-refractivity contribution in [3.63, 3.8) is 0 Å². The second-order valence-corrected chi connectivity index (χ2v) is 5.56. The minimum atomic E-state index is -0.860. The van der Waals surface area contributed by atoms with Crippen LogP contribution in [-0.2, 0) is 14.3 Å². The first-order chi connectivity index (χ1) is 8.56. The minimum absolute atomic E-state index is 0.339. The number of esters is 1. The number of ether oxygens (including phenoxy) is 2. The molecule has 4 heteroatoms. The molecule has 0 radical (unpaired) electrons. The van der Waals surface area contributed by atoms with Crippen LogP contribution in [0.4, 0.5) is 0 Å². The number of hydrogen-bond acceptors (Lipinski definition) is 4. The normalized spacial score (nSPS) is 19.1. The van der Waals surface area contributed by atoms with Gasteiger partial charge in [-0.15, -0.1) is 0 Å². The summed E-state index contributed by atoms with van der Waals surface area (Å²) in [5.41, 5.74) is 5.00. The molecule has 1 atom stereocenters. The van der Waals surface area contributed by atoms with Gasteiger partial charge in [-0.2, -0.15) is 0 Å². The summed E-state index contributed by atoms with van der Waals surface area (Å²) in [7, 11) is 1.37. The van der Waals surface area contributed by atoms with Crippen LogP contribution in [-0.4, -0.2) is 31.8 Å². The monoisotopic (exact) mass is 257 g/mol. The average molecular weight is 257 g/mol. The van der Waals surface area contributed by atoms with Gasteiger partial charge in [0.15, 0.2) is 0 Å². The molecule has 0 saturated heterocycles. The van der Waals surface area contributed by atoms with Crippen molar-refractivity contribution in [3.05, 3.63) is 0 Å². The molecule has 1 saturated carbocycles. The van der Waals surface area contributed by atoms with Gasteiger partial charge in [0.2, 0.25) is 0 Å². The fourth-order valence-electron chi connectivity index (χ4n) is 2.17. The zero-order valence-corrected chi connectivity index (χ0v) is 11.7. The molecular weight excluding hydrogens is 230 g/mol. The van der Waals surface area contributed by atoms with E-state index in [1.165, 1.54) is 32.8 Å². The number of nitrogens with two attached hydrogens (primary N) is 1. The molecule has 2 N–H and O–H groups in total. The Kier molecular flexibility index (Phi) is 6.65. The van der Waals surface area contributed by atoms with Gasteiger partial charge in [0.1, 0.15) is 5.54 Å². The average Bonchev–Trinajstić information content (AvgIpc) is 2.29. The molecule has 0 bridgehead atoms. The van der Waals surface area contributed by atoms with E-state index in [0.717, 1.165) is 32.0 Å². The summed E-state index contributed by atoms with van der Waals surface area (Å²) in [5.74, 6) is 0.574. The van der Waals surface area contributed by atoms with Crippen molar-refractivity contribution >= 4 is 5.97 Å². The van der Waals surface area contributed by atoms with Crippen molar-refractivity contribution in [1.82, 2.24) is 0 Å². The Morgan fingerprint density at radius 1 is 1.33 bits per heavy atom. The molecule has 1 unspecified atom stereocenters. The molecule has 1 aliphatic carbocycles. The Morgan fingerprint density at radius 2 is 2.06 bits per heavy atom. The van der Waals surface area contributed by atoms with E-state index < -0.39 is 5.54 Å². The van der Waals surface area contributed by atoms with Crippen LogP contribution in [0.15, 0.2) is 0 Å². The van der Waals surface area contributed by atoms with Crippen LogP contribution in [0.25, 0.3) is 0 Å². The highest BCUT2D eigenvalue weighted by Crippen LogP contribution is 2.29. The van der Waals surface area contributed by atoms with E-state index >= 15 is 0 Å². The van der Waals surface area contributed by atoms with E-state index in [2.05, 4.69) is 4.74 Å². The third-order valence-electron chi connectivity index (χ3n) is 3.78. The molecule has 4 nitrogen and oxygen atoms in total. The smallest absolute Gasteiger partial charge is 0.325 e. The predicted octanol–water partition coefficient (Wildman–Crippen LogP) is 2.25. The Morgan fingerprint density at radius 3 is 2.61 bits per heavy atom. The summed E-state index contributed by atoms with van der Waals surface area (Å²) >= 11 is 0. The first-order valence-corrected chi connectivity index (χ1v) is 7.01. The van der Waals surface area contributed by atoms with Crippen LogP contribution >= 0.6 is 0 Å². The van der Waals surface area contributed by atoms with Crippen molar-refractivity contribution in [3.8, 4) is 0 Å². The maximum atomic E-state index is 11.3. The Hall–Kier alpha value is -0.610. The van der Waals surface area contributed by atoms with Gasteiger partial charge in [-0.1, -0.05) is 19.3 Å². The maximum absolute atomic E-state index is 11.3. The van der Waals surface area contributed by atoms with Crippen molar-refractivity contribution in [2.75, 3.05) is 20.3 Å². The summed E-state index contributed by atoms with van der Waals surface area (Å²) in [6, 6.07) is 0. The van der Waals surface area contributed by atoms with Crippen LogP contribution in [0.1, 0.15) is 51.9 Å². The first kappa shape index (κ1) is 15.4. The lowest BCUT2D eigenvalue weighted by Gasteiger charge is -2.25. The van der Waals surface area contributed by atoms with Crippen LogP contribution in [0.2, 0.25) is 0 Å². The number of methoxy groups -OCH3 is 1. The summed E-state index contributed by atoms with van der Waals surface area (Å²) < 4.78 is 10.2. The summed E-state index contributed by atoms with van der Waals surface area (Å²) in [6.07, 6.45) is 7.86. The van der Waals surface area contributed by atoms with Crippen molar-refractivity contribution in [1.29, 1.82) is 0 Å². The fourth-order valence-corrected chi connectivity index (χ4v) is 2.17. The highest BCUT2D eigenvalue weighted by molar-refractivity contribution is 5.79. The zero-order chi connectivity index (χ0) is 13.4. The second kappa shape index (κ2) is 7.74. The van der Waals surface area contributed by atoms with Crippen LogP contribution in [0, 0.1) is 5.92 Å². The lowest BCUT2D eigenvalue weighted by Crippen LogP contribution is -2.45. The Labute approximate surface area is 110 Å². The third kappa shape index (κ3) is 5.36. The first-order valence-electron chi connectivity index (χ1n) is 7.01. The molecule has 0 amide bonds. The largest absolute Gasteiger partial charge is 0.468 e. The van der Waals surface area contributed by atoms with Gasteiger partial charge < -0.3 is 15.2 Å². The van der Waals surface area contributed by atoms with E-state index in [1.54, 1.807) is 6.92 Å². The molecule has 0 aromatic rings. The van der Waals surface area contributed by atoms with Gasteiger partial charge in [0, 0.05) is 13.2 Å². The quantitative estimate of drug-likeness (QED) is 0.508. The van der Waals surface area contributed by atoms with E-state index in [9.17, 15) is 4.79 Å². The highest BCUT2D eigenvalue weighted by Gasteiger charge is 2.28. The van der Waals surface area contributed by atoms with Gasteiger partial charge in [-0.3, -0.25) is 4.79 Å². The number of carbonyl (C=O) groups excluding carboxylic acids is 1. The molecule has 1 rings (SSSR count). The lowest BCUT2D eigenvalue weighted by molar-refractivity contribution is -0.146. The lowest BCUT2D eigenvalue weighted by atomic mass is 9.83. The zero-order valence-electron chi connectivity index (χ0n) is 11.7. The standard InChI is InChI=1S/C14H27NO3/c1-14(15,13(16)17-2)9-3-4-10-18-11-8-12-6-5-7-12/h12H,3-11,15H2,1-2H3. The van der Waals surface area contributed by atoms with E-state index in [0.29, 0.717) is 6.42 Å². The molecule has 106 valence electrons.